The fraction of sp³-hybridized carbons (Fsp3) is 0.417. The summed E-state index contributed by atoms with van der Waals surface area (Å²) in [6.07, 6.45) is -1.87. The van der Waals surface area contributed by atoms with E-state index in [2.05, 4.69) is 5.32 Å². The average Bonchev–Trinajstić information content (AvgIpc) is 2.96. The summed E-state index contributed by atoms with van der Waals surface area (Å²) in [5, 5.41) is 3.50. The topological polar surface area (TPSA) is 49.4 Å². The van der Waals surface area contributed by atoms with Gasteiger partial charge in [0.25, 0.3) is 5.91 Å². The van der Waals surface area contributed by atoms with E-state index in [4.69, 9.17) is 11.6 Å². The first kappa shape index (κ1) is 22.6. The zero-order valence-electron chi connectivity index (χ0n) is 17.8. The number of anilines is 1. The van der Waals surface area contributed by atoms with Crippen molar-refractivity contribution in [1.82, 2.24) is 4.90 Å². The van der Waals surface area contributed by atoms with Crippen LogP contribution in [0, 0.1) is 11.8 Å². The Morgan fingerprint density at radius 1 is 1.16 bits per heavy atom. The molecular weight excluding hydrogens is 441 g/mol. The molecule has 1 atom stereocenters. The minimum atomic E-state index is -4.49. The van der Waals surface area contributed by atoms with Crippen molar-refractivity contribution in [3.8, 4) is 0 Å². The molecule has 2 aromatic carbocycles. The molecule has 0 saturated heterocycles. The van der Waals surface area contributed by atoms with Crippen LogP contribution in [0.25, 0.3) is 0 Å². The summed E-state index contributed by atoms with van der Waals surface area (Å²) < 4.78 is 39.4. The van der Waals surface area contributed by atoms with E-state index in [0.717, 1.165) is 12.1 Å². The van der Waals surface area contributed by atoms with Crippen molar-refractivity contribution in [3.63, 3.8) is 0 Å². The third kappa shape index (κ3) is 3.87. The maximum absolute atomic E-state index is 13.1. The quantitative estimate of drug-likeness (QED) is 0.596. The lowest BCUT2D eigenvalue weighted by Crippen LogP contribution is -2.45. The number of hydrogen-bond acceptors (Lipinski definition) is 2. The second-order valence-electron chi connectivity index (χ2n) is 8.78. The van der Waals surface area contributed by atoms with E-state index >= 15 is 0 Å². The monoisotopic (exact) mass is 464 g/mol. The first-order valence-electron chi connectivity index (χ1n) is 10.6. The molecule has 1 N–H and O–H groups in total. The second kappa shape index (κ2) is 8.10. The molecule has 0 bridgehead atoms. The maximum atomic E-state index is 13.1. The summed E-state index contributed by atoms with van der Waals surface area (Å²) >= 11 is 5.88. The highest BCUT2D eigenvalue weighted by atomic mass is 35.5. The average molecular weight is 465 g/mol. The number of nitrogens with one attached hydrogen (secondary N) is 1. The minimum absolute atomic E-state index is 0.0839. The SMILES string of the molecule is CC(C(=O)Nc1ccc(Cl)cc1)C1CCC2(CC1)c1ccc(C(F)(F)F)cc1C(=O)N2C. The molecule has 0 radical (unpaired) electrons. The van der Waals surface area contributed by atoms with Gasteiger partial charge >= 0.3 is 6.18 Å². The molecule has 8 heteroatoms. The molecular formula is C24H24ClF3N2O2. The van der Waals surface area contributed by atoms with Crippen LogP contribution in [-0.2, 0) is 16.5 Å². The summed E-state index contributed by atoms with van der Waals surface area (Å²) in [7, 11) is 1.66. The fourth-order valence-corrected chi connectivity index (χ4v) is 5.21. The summed E-state index contributed by atoms with van der Waals surface area (Å²) in [6.45, 7) is 1.89. The lowest BCUT2D eigenvalue weighted by molar-refractivity contribution is -0.137. The van der Waals surface area contributed by atoms with Gasteiger partial charge in [-0.1, -0.05) is 24.6 Å². The summed E-state index contributed by atoms with van der Waals surface area (Å²) in [5.74, 6) is -0.579. The van der Waals surface area contributed by atoms with E-state index in [9.17, 15) is 22.8 Å². The van der Waals surface area contributed by atoms with E-state index in [1.165, 1.54) is 6.07 Å². The standard InChI is InChI=1S/C24H24ClF3N2O2/c1-14(21(31)29-18-6-4-17(25)5-7-18)15-9-11-23(12-10-15)20-8-3-16(24(26,27)28)13-19(20)22(32)30(23)2/h3-8,13-15H,9-12H2,1-2H3,(H,29,31). The number of carbonyl (C=O) groups excluding carboxylic acids is 2. The van der Waals surface area contributed by atoms with Gasteiger partial charge in [0.15, 0.2) is 0 Å². The number of benzene rings is 2. The molecule has 1 aliphatic carbocycles. The van der Waals surface area contributed by atoms with Crippen molar-refractivity contribution in [1.29, 1.82) is 0 Å². The Kier molecular flexibility index (Phi) is 5.74. The van der Waals surface area contributed by atoms with Crippen molar-refractivity contribution in [2.45, 2.75) is 44.3 Å². The molecule has 4 nitrogen and oxygen atoms in total. The normalized spacial score (nSPS) is 23.9. The second-order valence-corrected chi connectivity index (χ2v) is 9.21. The number of hydrogen-bond donors (Lipinski definition) is 1. The highest BCUT2D eigenvalue weighted by molar-refractivity contribution is 6.30. The number of fused-ring (bicyclic) bond motifs is 2. The van der Waals surface area contributed by atoms with Crippen LogP contribution in [0.5, 0.6) is 0 Å². The van der Waals surface area contributed by atoms with Crippen LogP contribution < -0.4 is 5.32 Å². The van der Waals surface area contributed by atoms with Crippen LogP contribution in [0.4, 0.5) is 18.9 Å². The van der Waals surface area contributed by atoms with Gasteiger partial charge < -0.3 is 10.2 Å². The number of nitrogens with zero attached hydrogens (tertiary/aromatic N) is 1. The molecule has 2 aliphatic rings. The van der Waals surface area contributed by atoms with Gasteiger partial charge in [0, 0.05) is 29.2 Å². The van der Waals surface area contributed by atoms with Gasteiger partial charge in [0.05, 0.1) is 11.1 Å². The minimum Gasteiger partial charge on any atom is -0.332 e. The van der Waals surface area contributed by atoms with Gasteiger partial charge in [-0.2, -0.15) is 13.2 Å². The molecule has 4 rings (SSSR count). The van der Waals surface area contributed by atoms with Crippen molar-refractivity contribution < 1.29 is 22.8 Å². The molecule has 0 aromatic heterocycles. The van der Waals surface area contributed by atoms with Crippen molar-refractivity contribution in [3.05, 3.63) is 64.2 Å². The predicted octanol–water partition coefficient (Wildman–Crippen LogP) is 6.10. The van der Waals surface area contributed by atoms with Gasteiger partial charge in [-0.15, -0.1) is 0 Å². The van der Waals surface area contributed by atoms with Gasteiger partial charge in [0.1, 0.15) is 0 Å². The first-order chi connectivity index (χ1) is 15.0. The first-order valence-corrected chi connectivity index (χ1v) is 11.0. The molecule has 1 spiro atoms. The van der Waals surface area contributed by atoms with E-state index < -0.39 is 17.3 Å². The van der Waals surface area contributed by atoms with Gasteiger partial charge in [-0.25, -0.2) is 0 Å². The number of carbonyl (C=O) groups is 2. The third-order valence-corrected chi connectivity index (χ3v) is 7.37. The van der Waals surface area contributed by atoms with Crippen LogP contribution in [0.3, 0.4) is 0 Å². The van der Waals surface area contributed by atoms with Crippen molar-refractivity contribution in [2.75, 3.05) is 12.4 Å². The largest absolute Gasteiger partial charge is 0.416 e. The zero-order valence-corrected chi connectivity index (χ0v) is 18.6. The molecule has 32 heavy (non-hydrogen) atoms. The van der Waals surface area contributed by atoms with Crippen LogP contribution >= 0.6 is 11.6 Å². The van der Waals surface area contributed by atoms with Crippen LogP contribution in [-0.4, -0.2) is 23.8 Å². The van der Waals surface area contributed by atoms with Gasteiger partial charge in [-0.05, 0) is 73.6 Å². The molecule has 2 amide bonds. The Morgan fingerprint density at radius 3 is 2.38 bits per heavy atom. The molecule has 1 aliphatic heterocycles. The van der Waals surface area contributed by atoms with Crippen LogP contribution in [0.1, 0.15) is 54.1 Å². The van der Waals surface area contributed by atoms with E-state index in [1.807, 2.05) is 6.92 Å². The summed E-state index contributed by atoms with van der Waals surface area (Å²) in [4.78, 5) is 27.1. The molecule has 170 valence electrons. The molecule has 1 fully saturated rings. The smallest absolute Gasteiger partial charge is 0.332 e. The fourth-order valence-electron chi connectivity index (χ4n) is 5.08. The maximum Gasteiger partial charge on any atom is 0.416 e. The van der Waals surface area contributed by atoms with Crippen molar-refractivity contribution in [2.24, 2.45) is 11.8 Å². The van der Waals surface area contributed by atoms with E-state index in [0.29, 0.717) is 42.0 Å². The molecule has 1 saturated carbocycles. The van der Waals surface area contributed by atoms with E-state index in [-0.39, 0.29) is 29.2 Å². The van der Waals surface area contributed by atoms with Gasteiger partial charge in [0.2, 0.25) is 5.91 Å². The van der Waals surface area contributed by atoms with Crippen molar-refractivity contribution >= 4 is 29.1 Å². The molecule has 1 unspecified atom stereocenters. The Balaban J connectivity index is 1.48. The molecule has 1 heterocycles. The molecule has 2 aromatic rings. The van der Waals surface area contributed by atoms with Gasteiger partial charge in [-0.3, -0.25) is 9.59 Å². The summed E-state index contributed by atoms with van der Waals surface area (Å²) in [5.41, 5.74) is 0.0497. The Morgan fingerprint density at radius 2 is 1.78 bits per heavy atom. The Bertz CT molecular complexity index is 1040. The third-order valence-electron chi connectivity index (χ3n) is 7.12. The highest BCUT2D eigenvalue weighted by Gasteiger charge is 2.50. The number of halogens is 4. The van der Waals surface area contributed by atoms with Crippen LogP contribution in [0.2, 0.25) is 5.02 Å². The predicted molar refractivity (Wildman–Crippen MR) is 116 cm³/mol. The van der Waals surface area contributed by atoms with Crippen LogP contribution in [0.15, 0.2) is 42.5 Å². The number of rotatable bonds is 3. The number of amides is 2. The summed E-state index contributed by atoms with van der Waals surface area (Å²) in [6, 6.07) is 10.4. The lowest BCUT2D eigenvalue weighted by Gasteiger charge is -2.43. The number of alkyl halides is 3. The Hall–Kier alpha value is -2.54. The highest BCUT2D eigenvalue weighted by Crippen LogP contribution is 2.51. The lowest BCUT2D eigenvalue weighted by atomic mass is 9.69. The zero-order chi connectivity index (χ0) is 23.3. The van der Waals surface area contributed by atoms with E-state index in [1.54, 1.807) is 36.2 Å². The Labute approximate surface area is 189 Å².